The zero-order valence-electron chi connectivity index (χ0n) is 12.0. The molecular weight excluding hydrogens is 302 g/mol. The molecule has 2 aromatic rings. The molecule has 0 unspecified atom stereocenters. The lowest BCUT2D eigenvalue weighted by Gasteiger charge is -2.25. The van der Waals surface area contributed by atoms with Gasteiger partial charge in [-0.15, -0.1) is 10.2 Å². The molecule has 0 aliphatic carbocycles. The number of benzene rings is 1. The van der Waals surface area contributed by atoms with Crippen LogP contribution in [-0.2, 0) is 0 Å². The quantitative estimate of drug-likeness (QED) is 0.848. The SMILES string of the molecule is Cc1nnc2n1N1C(=CS[C@H]1c1ccc(N(C)C)cc1)S2. The van der Waals surface area contributed by atoms with Gasteiger partial charge in [-0.1, -0.05) is 23.9 Å². The molecule has 1 aromatic carbocycles. The van der Waals surface area contributed by atoms with E-state index < -0.39 is 0 Å². The van der Waals surface area contributed by atoms with Crippen LogP contribution in [0.5, 0.6) is 0 Å². The predicted octanol–water partition coefficient (Wildman–Crippen LogP) is 2.94. The summed E-state index contributed by atoms with van der Waals surface area (Å²) in [7, 11) is 4.12. The molecule has 3 heterocycles. The summed E-state index contributed by atoms with van der Waals surface area (Å²) in [5.74, 6) is 0.929. The van der Waals surface area contributed by atoms with E-state index in [2.05, 4.69) is 68.6 Å². The van der Waals surface area contributed by atoms with Crippen molar-refractivity contribution in [2.24, 2.45) is 0 Å². The van der Waals surface area contributed by atoms with E-state index in [1.165, 1.54) is 16.3 Å². The summed E-state index contributed by atoms with van der Waals surface area (Å²) in [6.07, 6.45) is 0. The Balaban J connectivity index is 1.70. The van der Waals surface area contributed by atoms with Crippen LogP contribution >= 0.6 is 23.5 Å². The average Bonchev–Trinajstić information content (AvgIpc) is 3.11. The van der Waals surface area contributed by atoms with E-state index in [0.29, 0.717) is 0 Å². The highest BCUT2D eigenvalue weighted by Crippen LogP contribution is 2.51. The largest absolute Gasteiger partial charge is 0.378 e. The third-order valence-corrected chi connectivity index (χ3v) is 5.81. The number of hydrogen-bond acceptors (Lipinski definition) is 6. The molecule has 0 spiro atoms. The second kappa shape index (κ2) is 4.71. The first kappa shape index (κ1) is 13.1. The third-order valence-electron chi connectivity index (χ3n) is 3.62. The molecule has 4 rings (SSSR count). The third kappa shape index (κ3) is 1.95. The van der Waals surface area contributed by atoms with Crippen LogP contribution in [0.2, 0.25) is 0 Å². The minimum Gasteiger partial charge on any atom is -0.378 e. The first-order valence-corrected chi connectivity index (χ1v) is 8.43. The van der Waals surface area contributed by atoms with Gasteiger partial charge in [0.25, 0.3) is 0 Å². The van der Waals surface area contributed by atoms with Crippen molar-refractivity contribution in [1.82, 2.24) is 14.9 Å². The van der Waals surface area contributed by atoms with Gasteiger partial charge in [-0.2, -0.15) is 0 Å². The Morgan fingerprint density at radius 2 is 1.90 bits per heavy atom. The van der Waals surface area contributed by atoms with E-state index >= 15 is 0 Å². The van der Waals surface area contributed by atoms with Crippen LogP contribution in [0.4, 0.5) is 5.69 Å². The van der Waals surface area contributed by atoms with Gasteiger partial charge in [0.1, 0.15) is 10.4 Å². The molecule has 1 aromatic heterocycles. The predicted molar refractivity (Wildman–Crippen MR) is 88.0 cm³/mol. The molecule has 0 radical (unpaired) electrons. The maximum Gasteiger partial charge on any atom is 0.216 e. The van der Waals surface area contributed by atoms with Gasteiger partial charge in [0.2, 0.25) is 5.16 Å². The fraction of sp³-hybridized carbons (Fsp3) is 0.286. The summed E-state index contributed by atoms with van der Waals surface area (Å²) in [6.45, 7) is 2.00. The van der Waals surface area contributed by atoms with Crippen molar-refractivity contribution in [3.63, 3.8) is 0 Å². The van der Waals surface area contributed by atoms with Gasteiger partial charge >= 0.3 is 0 Å². The van der Waals surface area contributed by atoms with Gasteiger partial charge in [-0.3, -0.25) is 5.01 Å². The second-order valence-corrected chi connectivity index (χ2v) is 7.16. The van der Waals surface area contributed by atoms with Gasteiger partial charge in [0.15, 0.2) is 5.82 Å². The van der Waals surface area contributed by atoms with Gasteiger partial charge < -0.3 is 4.90 Å². The van der Waals surface area contributed by atoms with Crippen molar-refractivity contribution < 1.29 is 0 Å². The Labute approximate surface area is 132 Å². The number of rotatable bonds is 2. The monoisotopic (exact) mass is 317 g/mol. The van der Waals surface area contributed by atoms with Crippen molar-refractivity contribution in [2.75, 3.05) is 24.0 Å². The molecule has 5 nitrogen and oxygen atoms in total. The lowest BCUT2D eigenvalue weighted by atomic mass is 10.2. The molecular formula is C14H15N5S2. The lowest BCUT2D eigenvalue weighted by Crippen LogP contribution is -2.30. The number of anilines is 1. The highest BCUT2D eigenvalue weighted by Gasteiger charge is 2.38. The normalized spacial score (nSPS) is 19.5. The van der Waals surface area contributed by atoms with Crippen molar-refractivity contribution in [3.05, 3.63) is 46.1 Å². The van der Waals surface area contributed by atoms with Crippen LogP contribution in [0.15, 0.2) is 39.9 Å². The van der Waals surface area contributed by atoms with Crippen molar-refractivity contribution in [2.45, 2.75) is 17.5 Å². The van der Waals surface area contributed by atoms with Crippen molar-refractivity contribution >= 4 is 29.2 Å². The fourth-order valence-corrected chi connectivity index (χ4v) is 4.80. The molecule has 0 saturated carbocycles. The number of fused-ring (bicyclic) bond motifs is 3. The molecule has 108 valence electrons. The van der Waals surface area contributed by atoms with Gasteiger partial charge in [0.05, 0.1) is 0 Å². The van der Waals surface area contributed by atoms with Gasteiger partial charge in [-0.25, -0.2) is 4.68 Å². The Bertz CT molecular complexity index is 719. The van der Waals surface area contributed by atoms with Crippen molar-refractivity contribution in [1.29, 1.82) is 0 Å². The van der Waals surface area contributed by atoms with E-state index in [1.807, 2.05) is 18.7 Å². The van der Waals surface area contributed by atoms with Gasteiger partial charge in [0, 0.05) is 25.2 Å². The Morgan fingerprint density at radius 3 is 2.62 bits per heavy atom. The fourth-order valence-electron chi connectivity index (χ4n) is 2.52. The average molecular weight is 317 g/mol. The van der Waals surface area contributed by atoms with E-state index in [0.717, 1.165) is 11.0 Å². The Kier molecular flexibility index (Phi) is 2.93. The number of nitrogens with zero attached hydrogens (tertiary/aromatic N) is 5. The van der Waals surface area contributed by atoms with E-state index in [-0.39, 0.29) is 5.37 Å². The van der Waals surface area contributed by atoms with Crippen molar-refractivity contribution in [3.8, 4) is 0 Å². The van der Waals surface area contributed by atoms with Crippen LogP contribution in [-0.4, -0.2) is 29.0 Å². The minimum atomic E-state index is 0.250. The lowest BCUT2D eigenvalue weighted by molar-refractivity contribution is 0.618. The minimum absolute atomic E-state index is 0.250. The second-order valence-electron chi connectivity index (χ2n) is 5.22. The zero-order chi connectivity index (χ0) is 14.6. The molecule has 0 bridgehead atoms. The number of aryl methyl sites for hydroxylation is 1. The number of aromatic nitrogens is 3. The van der Waals surface area contributed by atoms with E-state index in [1.54, 1.807) is 11.8 Å². The molecule has 1 atom stereocenters. The van der Waals surface area contributed by atoms with Crippen LogP contribution < -0.4 is 9.91 Å². The Morgan fingerprint density at radius 1 is 1.14 bits per heavy atom. The first-order valence-electron chi connectivity index (χ1n) is 6.67. The zero-order valence-corrected chi connectivity index (χ0v) is 13.6. The van der Waals surface area contributed by atoms with E-state index in [4.69, 9.17) is 0 Å². The topological polar surface area (TPSA) is 37.2 Å². The van der Waals surface area contributed by atoms with Gasteiger partial charge in [-0.05, 0) is 36.4 Å². The molecule has 0 saturated heterocycles. The summed E-state index contributed by atoms with van der Waals surface area (Å²) in [5, 5.41) is 15.3. The van der Waals surface area contributed by atoms with Crippen LogP contribution in [0.1, 0.15) is 16.8 Å². The Hall–Kier alpha value is -1.60. The molecule has 21 heavy (non-hydrogen) atoms. The van der Waals surface area contributed by atoms with Crippen LogP contribution in [0.3, 0.4) is 0 Å². The first-order chi connectivity index (χ1) is 10.1. The molecule has 2 aliphatic rings. The molecule has 2 aliphatic heterocycles. The summed E-state index contributed by atoms with van der Waals surface area (Å²) >= 11 is 3.51. The van der Waals surface area contributed by atoms with E-state index in [9.17, 15) is 0 Å². The molecule has 7 heteroatoms. The summed E-state index contributed by atoms with van der Waals surface area (Å²) in [6, 6.07) is 8.73. The molecule has 0 amide bonds. The maximum atomic E-state index is 4.22. The standard InChI is InChI=1S/C14H15N5S2/c1-9-15-16-14-18(9)19-12(21-14)8-20-13(19)10-4-6-11(7-5-10)17(2)3/h4-8,13H,1-3H3/t13-/m0/s1. The summed E-state index contributed by atoms with van der Waals surface area (Å²) in [4.78, 5) is 2.11. The summed E-state index contributed by atoms with van der Waals surface area (Å²) in [5.41, 5.74) is 2.50. The number of thioether (sulfide) groups is 2. The highest BCUT2D eigenvalue weighted by molar-refractivity contribution is 8.07. The van der Waals surface area contributed by atoms with Crippen LogP contribution in [0, 0.1) is 6.92 Å². The summed E-state index contributed by atoms with van der Waals surface area (Å²) < 4.78 is 2.11. The van der Waals surface area contributed by atoms with Crippen LogP contribution in [0.25, 0.3) is 0 Å². The maximum absolute atomic E-state index is 4.22. The molecule has 0 N–H and O–H groups in total. The number of hydrogen-bond donors (Lipinski definition) is 0. The molecule has 0 fully saturated rings. The smallest absolute Gasteiger partial charge is 0.216 e. The highest BCUT2D eigenvalue weighted by atomic mass is 32.2.